The molecule has 3 aliphatic rings. The summed E-state index contributed by atoms with van der Waals surface area (Å²) in [5, 5.41) is 11.2. The van der Waals surface area contributed by atoms with Crippen LogP contribution in [0, 0.1) is 24.7 Å². The number of piperidine rings is 2. The van der Waals surface area contributed by atoms with E-state index in [1.165, 1.54) is 35.3 Å². The molecular weight excluding hydrogens is 740 g/mol. The summed E-state index contributed by atoms with van der Waals surface area (Å²) >= 11 is 8.51. The number of rotatable bonds is 14. The zero-order valence-corrected chi connectivity index (χ0v) is 35.6. The Morgan fingerprint density at radius 3 is 2.54 bits per heavy atom. The number of carbonyl (C=O) groups is 1. The van der Waals surface area contributed by atoms with Crippen molar-refractivity contribution in [2.24, 2.45) is 17.8 Å². The van der Waals surface area contributed by atoms with Gasteiger partial charge in [-0.15, -0.1) is 11.3 Å². The third-order valence-corrected chi connectivity index (χ3v) is 13.8. The molecule has 0 bridgehead atoms. The molecule has 2 aliphatic heterocycles. The second-order valence-corrected chi connectivity index (χ2v) is 18.1. The average molecular weight is 802 g/mol. The number of amides is 1. The van der Waals surface area contributed by atoms with Crippen LogP contribution in [0.25, 0.3) is 22.0 Å². The monoisotopic (exact) mass is 800 g/mol. The van der Waals surface area contributed by atoms with Gasteiger partial charge in [-0.05, 0) is 157 Å². The second-order valence-electron chi connectivity index (χ2n) is 16.7. The average Bonchev–Trinajstić information content (AvgIpc) is 3.69. The highest BCUT2D eigenvalue weighted by Crippen LogP contribution is 2.43. The molecular formula is C45H61ClN6O3S. The molecule has 1 amide bonds. The molecule has 0 radical (unpaired) electrons. The number of hydrogen-bond donors (Lipinski definition) is 2. The highest BCUT2D eigenvalue weighted by molar-refractivity contribution is 7.10. The van der Waals surface area contributed by atoms with Crippen LogP contribution < -0.4 is 15.4 Å². The quantitative estimate of drug-likeness (QED) is 0.122. The van der Waals surface area contributed by atoms with Crippen molar-refractivity contribution < 1.29 is 14.3 Å². The molecule has 4 aromatic rings. The molecule has 0 spiro atoms. The lowest BCUT2D eigenvalue weighted by atomic mass is 9.77. The number of fused-ring (bicyclic) bond motifs is 1. The summed E-state index contributed by atoms with van der Waals surface area (Å²) in [7, 11) is 5.90. The fraction of sp³-hybridized carbons (Fsp3) is 0.578. The van der Waals surface area contributed by atoms with E-state index in [0.29, 0.717) is 23.6 Å². The molecule has 2 aromatic carbocycles. The minimum absolute atomic E-state index is 0.0137. The van der Waals surface area contributed by atoms with E-state index in [4.69, 9.17) is 31.0 Å². The molecule has 1 atom stereocenters. The number of anilines is 1. The van der Waals surface area contributed by atoms with Gasteiger partial charge in [-0.2, -0.15) is 0 Å². The smallest absolute Gasteiger partial charge is 0.225 e. The number of ether oxygens (including phenoxy) is 2. The number of nitrogens with one attached hydrogen (secondary N) is 2. The van der Waals surface area contributed by atoms with Crippen molar-refractivity contribution in [3.8, 4) is 16.9 Å². The largest absolute Gasteiger partial charge is 0.496 e. The van der Waals surface area contributed by atoms with E-state index in [0.717, 1.165) is 129 Å². The molecule has 1 aliphatic carbocycles. The maximum Gasteiger partial charge on any atom is 0.225 e. The molecule has 2 aromatic heterocycles. The van der Waals surface area contributed by atoms with E-state index in [1.807, 2.05) is 19.1 Å². The van der Waals surface area contributed by atoms with Gasteiger partial charge in [0, 0.05) is 65.7 Å². The highest BCUT2D eigenvalue weighted by atomic mass is 35.5. The Morgan fingerprint density at radius 2 is 1.80 bits per heavy atom. The van der Waals surface area contributed by atoms with Crippen LogP contribution in [0.15, 0.2) is 41.8 Å². The Morgan fingerprint density at radius 1 is 1.04 bits per heavy atom. The van der Waals surface area contributed by atoms with Gasteiger partial charge in [0.1, 0.15) is 17.4 Å². The number of aryl methyl sites for hydroxylation is 1. The van der Waals surface area contributed by atoms with Crippen molar-refractivity contribution in [1.29, 1.82) is 0 Å². The van der Waals surface area contributed by atoms with Crippen molar-refractivity contribution in [1.82, 2.24) is 25.1 Å². The van der Waals surface area contributed by atoms with E-state index < -0.39 is 0 Å². The first-order valence-electron chi connectivity index (χ1n) is 20.9. The number of thiophene rings is 1. The van der Waals surface area contributed by atoms with Crippen LogP contribution in [0.2, 0.25) is 5.02 Å². The Balaban J connectivity index is 0.972. The summed E-state index contributed by atoms with van der Waals surface area (Å²) < 4.78 is 12.1. The topological polar surface area (TPSA) is 91.9 Å². The van der Waals surface area contributed by atoms with Gasteiger partial charge in [-0.3, -0.25) is 4.79 Å². The predicted octanol–water partition coefficient (Wildman–Crippen LogP) is 9.48. The third kappa shape index (κ3) is 9.87. The van der Waals surface area contributed by atoms with E-state index in [2.05, 4.69) is 71.1 Å². The number of hydrogen-bond acceptors (Lipinski definition) is 9. The van der Waals surface area contributed by atoms with Gasteiger partial charge in [0.2, 0.25) is 5.91 Å². The van der Waals surface area contributed by atoms with Crippen LogP contribution in [0.1, 0.15) is 98.5 Å². The van der Waals surface area contributed by atoms with Gasteiger partial charge in [-0.25, -0.2) is 9.97 Å². The molecule has 2 saturated heterocycles. The van der Waals surface area contributed by atoms with Crippen molar-refractivity contribution in [3.05, 3.63) is 68.6 Å². The van der Waals surface area contributed by atoms with Gasteiger partial charge in [0.05, 0.1) is 18.7 Å². The maximum absolute atomic E-state index is 13.7. The summed E-state index contributed by atoms with van der Waals surface area (Å²) in [6, 6.07) is 12.7. The standard InChI is InChI=1S/C45H61ClN6O3S/c1-29(42-23-36(28-56-42)43-35(26-51(3)4)7-6-8-39(43)46)48-44-38-24-37(41(54-5)25-40(38)49-30(2)50-44)33-9-11-34(12-10-33)45(53)52-20-15-32(16-21-52)27-55-22-17-31-13-18-47-19-14-31/h6-8,23-25,28-29,31-34,47H,9-22,26-27H2,1-5H3,(H,48,49,50)/t29-,33?,34?/m1/s1. The van der Waals surface area contributed by atoms with Crippen molar-refractivity contribution in [2.75, 3.05) is 65.9 Å². The Kier molecular flexibility index (Phi) is 13.9. The summed E-state index contributed by atoms with van der Waals surface area (Å²) in [6.45, 7) is 10.7. The van der Waals surface area contributed by atoms with E-state index in [9.17, 15) is 4.79 Å². The number of likely N-dealkylation sites (tertiary alicyclic amines) is 1. The number of methoxy groups -OCH3 is 1. The maximum atomic E-state index is 13.7. The normalized spacial score (nSPS) is 20.4. The molecule has 2 N–H and O–H groups in total. The number of benzene rings is 2. The SMILES string of the molecule is COc1cc2nc(C)nc(N[C@H](C)c3cc(-c4c(Cl)cccc4CN(C)C)cs3)c2cc1C1CCC(C(=O)N2CCC(COCCC3CCNCC3)CC2)CC1. The first-order chi connectivity index (χ1) is 27.2. The highest BCUT2D eigenvalue weighted by Gasteiger charge is 2.33. The first kappa shape index (κ1) is 40.9. The minimum atomic E-state index is 0.0137. The number of aromatic nitrogens is 2. The van der Waals surface area contributed by atoms with Crippen LogP contribution in [0.4, 0.5) is 5.82 Å². The zero-order valence-electron chi connectivity index (χ0n) is 34.0. The van der Waals surface area contributed by atoms with Crippen LogP contribution >= 0.6 is 22.9 Å². The summed E-state index contributed by atoms with van der Waals surface area (Å²) in [6.07, 6.45) is 9.55. The molecule has 1 saturated carbocycles. The lowest BCUT2D eigenvalue weighted by molar-refractivity contribution is -0.138. The second kappa shape index (κ2) is 19.0. The van der Waals surface area contributed by atoms with Crippen LogP contribution in [0.3, 0.4) is 0 Å². The van der Waals surface area contributed by atoms with Crippen LogP contribution in [-0.4, -0.2) is 86.3 Å². The molecule has 4 heterocycles. The van der Waals surface area contributed by atoms with Crippen molar-refractivity contribution in [2.45, 2.75) is 90.1 Å². The molecule has 9 nitrogen and oxygen atoms in total. The number of carbonyl (C=O) groups excluding carboxylic acids is 1. The van der Waals surface area contributed by atoms with Gasteiger partial charge >= 0.3 is 0 Å². The molecule has 3 fully saturated rings. The van der Waals surface area contributed by atoms with Crippen LogP contribution in [0.5, 0.6) is 5.75 Å². The Labute approximate surface area is 342 Å². The minimum Gasteiger partial charge on any atom is -0.496 e. The lowest BCUT2D eigenvalue weighted by Crippen LogP contribution is -2.43. The lowest BCUT2D eigenvalue weighted by Gasteiger charge is -2.36. The van der Waals surface area contributed by atoms with E-state index in [1.54, 1.807) is 18.4 Å². The van der Waals surface area contributed by atoms with Crippen LogP contribution in [-0.2, 0) is 16.1 Å². The first-order valence-corrected chi connectivity index (χ1v) is 22.1. The molecule has 0 unspecified atom stereocenters. The van der Waals surface area contributed by atoms with Gasteiger partial charge < -0.3 is 29.9 Å². The molecule has 11 heteroatoms. The predicted molar refractivity (Wildman–Crippen MR) is 230 cm³/mol. The van der Waals surface area contributed by atoms with Gasteiger partial charge in [0.25, 0.3) is 0 Å². The Hall–Kier alpha value is -3.28. The van der Waals surface area contributed by atoms with Gasteiger partial charge in [-0.1, -0.05) is 23.7 Å². The summed E-state index contributed by atoms with van der Waals surface area (Å²) in [4.78, 5) is 29.0. The fourth-order valence-corrected chi connectivity index (χ4v) is 10.4. The van der Waals surface area contributed by atoms with E-state index >= 15 is 0 Å². The molecule has 7 rings (SSSR count). The number of halogens is 1. The third-order valence-electron chi connectivity index (χ3n) is 12.4. The summed E-state index contributed by atoms with van der Waals surface area (Å²) in [5.74, 6) is 4.53. The number of nitrogens with zero attached hydrogens (tertiary/aromatic N) is 4. The fourth-order valence-electron chi connectivity index (χ4n) is 9.15. The van der Waals surface area contributed by atoms with Gasteiger partial charge in [0.15, 0.2) is 0 Å². The van der Waals surface area contributed by atoms with Crippen molar-refractivity contribution in [3.63, 3.8) is 0 Å². The van der Waals surface area contributed by atoms with E-state index in [-0.39, 0.29) is 12.0 Å². The molecule has 302 valence electrons. The zero-order chi connectivity index (χ0) is 39.2. The Bertz CT molecular complexity index is 1930. The van der Waals surface area contributed by atoms with Crippen molar-refractivity contribution >= 4 is 45.6 Å². The summed E-state index contributed by atoms with van der Waals surface area (Å²) in [5.41, 5.74) is 5.49. The molecule has 56 heavy (non-hydrogen) atoms.